The molecule has 0 bridgehead atoms. The van der Waals surface area contributed by atoms with Crippen molar-refractivity contribution >= 4 is 31.7 Å². The topological polar surface area (TPSA) is 118 Å². The van der Waals surface area contributed by atoms with E-state index in [4.69, 9.17) is 9.47 Å². The molecule has 0 N–H and O–H groups in total. The molecular weight excluding hydrogens is 614 g/mol. The number of rotatable bonds is 7. The summed E-state index contributed by atoms with van der Waals surface area (Å²) >= 11 is 0. The van der Waals surface area contributed by atoms with Gasteiger partial charge >= 0.3 is 0 Å². The molecule has 2 aliphatic heterocycles. The van der Waals surface area contributed by atoms with Gasteiger partial charge in [0.05, 0.1) is 11.1 Å². The van der Waals surface area contributed by atoms with E-state index in [0.29, 0.717) is 17.7 Å². The van der Waals surface area contributed by atoms with Crippen LogP contribution in [0.2, 0.25) is 0 Å². The van der Waals surface area contributed by atoms with E-state index in [-0.39, 0.29) is 39.0 Å². The lowest BCUT2D eigenvalue weighted by Crippen LogP contribution is -2.33. The molecule has 2 aromatic carbocycles. The minimum Gasteiger partial charge on any atom is -0.460 e. The van der Waals surface area contributed by atoms with Crippen LogP contribution >= 0.6 is 0 Å². The van der Waals surface area contributed by atoms with Gasteiger partial charge in [0, 0.05) is 40.5 Å². The summed E-state index contributed by atoms with van der Waals surface area (Å²) in [7, 11) is -4.09. The van der Waals surface area contributed by atoms with Gasteiger partial charge < -0.3 is 19.3 Å². The molecule has 0 radical (unpaired) electrons. The zero-order chi connectivity index (χ0) is 34.0. The number of likely N-dealkylation sites (N-methyl/N-ethyl adjacent to an activating group) is 1. The van der Waals surface area contributed by atoms with Gasteiger partial charge in [-0.15, -0.1) is 15.4 Å². The summed E-state index contributed by atoms with van der Waals surface area (Å²) in [5, 5.41) is 0. The lowest BCUT2D eigenvalue weighted by atomic mass is 10.1. The smallest absolute Gasteiger partial charge is 0.285 e. The fraction of sp³-hybridized carbons (Fsp3) is 0.467. The Hall–Kier alpha value is -3.52. The van der Waals surface area contributed by atoms with Gasteiger partial charge in [-0.05, 0) is 38.1 Å². The summed E-state index contributed by atoms with van der Waals surface area (Å²) in [4.78, 5) is 3.42. The molecule has 2 aliphatic rings. The summed E-state index contributed by atoms with van der Waals surface area (Å²) in [6.45, 7) is 18.3. The highest BCUT2D eigenvalue weighted by Gasteiger charge is 2.35. The second-order valence-electron chi connectivity index (χ2n) is 9.23. The Balaban J connectivity index is 0.000000395. The van der Waals surface area contributed by atoms with Gasteiger partial charge in [0.25, 0.3) is 20.0 Å². The molecule has 2 atom stereocenters. The SMILES string of the molecule is C=CCN(C)C1=NS(=O)(=O)c2cccc(OC(C)F)c21.CC.CC.CC(F)Oc1cccc2c1C(N(C)C(C)C)=NS2(=O)=O. The Morgan fingerprint density at radius 1 is 0.773 bits per heavy atom. The highest BCUT2D eigenvalue weighted by Crippen LogP contribution is 2.36. The Kier molecular flexibility index (Phi) is 14.5. The van der Waals surface area contributed by atoms with Gasteiger partial charge in [-0.1, -0.05) is 45.9 Å². The Labute approximate surface area is 261 Å². The Morgan fingerprint density at radius 3 is 1.52 bits per heavy atom. The van der Waals surface area contributed by atoms with Crippen molar-refractivity contribution in [1.29, 1.82) is 0 Å². The molecule has 0 aliphatic carbocycles. The number of hydrogen-bond acceptors (Lipinski definition) is 8. The molecule has 2 aromatic rings. The van der Waals surface area contributed by atoms with E-state index >= 15 is 0 Å². The van der Waals surface area contributed by atoms with Crippen molar-refractivity contribution in [3.8, 4) is 11.5 Å². The maximum atomic E-state index is 13.1. The van der Waals surface area contributed by atoms with Crippen LogP contribution in [0.1, 0.15) is 66.5 Å². The first-order valence-electron chi connectivity index (χ1n) is 14.2. The summed E-state index contributed by atoms with van der Waals surface area (Å²) in [6.07, 6.45) is -1.46. The number of hydrogen-bond donors (Lipinski definition) is 0. The first-order valence-corrected chi connectivity index (χ1v) is 17.1. The fourth-order valence-electron chi connectivity index (χ4n) is 3.88. The molecule has 246 valence electrons. The molecule has 0 saturated carbocycles. The van der Waals surface area contributed by atoms with E-state index in [1.165, 1.54) is 44.2 Å². The zero-order valence-corrected chi connectivity index (χ0v) is 28.6. The van der Waals surface area contributed by atoms with Crippen LogP contribution in [-0.4, -0.2) is 77.7 Å². The van der Waals surface area contributed by atoms with Crippen molar-refractivity contribution in [3.63, 3.8) is 0 Å². The van der Waals surface area contributed by atoms with Crippen molar-refractivity contribution in [2.24, 2.45) is 8.80 Å². The summed E-state index contributed by atoms with van der Waals surface area (Å²) < 4.78 is 92.0. The molecule has 0 fully saturated rings. The molecule has 0 saturated heterocycles. The maximum absolute atomic E-state index is 13.1. The third-order valence-electron chi connectivity index (χ3n) is 5.84. The second kappa shape index (κ2) is 16.5. The van der Waals surface area contributed by atoms with E-state index in [9.17, 15) is 25.6 Å². The van der Waals surface area contributed by atoms with Gasteiger partial charge in [-0.25, -0.2) is 8.78 Å². The predicted octanol–water partition coefficient (Wildman–Crippen LogP) is 6.17. The summed E-state index contributed by atoms with van der Waals surface area (Å²) in [5.74, 6) is 0.862. The van der Waals surface area contributed by atoms with Crippen LogP contribution in [0.25, 0.3) is 0 Å². The Bertz CT molecular complexity index is 1560. The average molecular weight is 659 g/mol. The second-order valence-corrected chi connectivity index (χ2v) is 12.4. The van der Waals surface area contributed by atoms with Crippen molar-refractivity contribution in [3.05, 3.63) is 60.2 Å². The number of nitrogens with zero attached hydrogens (tertiary/aromatic N) is 4. The number of halogens is 2. The Morgan fingerprint density at radius 2 is 1.16 bits per heavy atom. The van der Waals surface area contributed by atoms with Crippen LogP contribution in [0.4, 0.5) is 8.78 Å². The van der Waals surface area contributed by atoms with Crippen molar-refractivity contribution < 1.29 is 35.1 Å². The van der Waals surface area contributed by atoms with E-state index < -0.39 is 32.8 Å². The lowest BCUT2D eigenvalue weighted by molar-refractivity contribution is 0.0849. The summed E-state index contributed by atoms with van der Waals surface area (Å²) in [6, 6.07) is 9.00. The highest BCUT2D eigenvalue weighted by molar-refractivity contribution is 7.91. The van der Waals surface area contributed by atoms with Crippen molar-refractivity contribution in [2.75, 3.05) is 20.6 Å². The molecule has 0 amide bonds. The largest absolute Gasteiger partial charge is 0.460 e. The molecule has 2 unspecified atom stereocenters. The minimum atomic E-state index is -3.77. The van der Waals surface area contributed by atoms with E-state index in [0.717, 1.165) is 0 Å². The zero-order valence-electron chi connectivity index (χ0n) is 27.0. The number of fused-ring (bicyclic) bond motifs is 2. The van der Waals surface area contributed by atoms with Gasteiger partial charge in [0.15, 0.2) is 11.7 Å². The number of alkyl halides is 2. The van der Waals surface area contributed by atoms with Gasteiger partial charge in [0.2, 0.25) is 12.7 Å². The predicted molar refractivity (Wildman–Crippen MR) is 171 cm³/mol. The average Bonchev–Trinajstić information content (AvgIpc) is 3.41. The number of ether oxygens (including phenoxy) is 2. The first kappa shape index (κ1) is 38.5. The van der Waals surface area contributed by atoms with Gasteiger partial charge in [-0.3, -0.25) is 0 Å². The van der Waals surface area contributed by atoms with Crippen LogP contribution in [0.15, 0.2) is 67.6 Å². The van der Waals surface area contributed by atoms with Crippen LogP contribution in [0.5, 0.6) is 11.5 Å². The molecule has 14 heteroatoms. The quantitative estimate of drug-likeness (QED) is 0.324. The normalized spacial score (nSPS) is 16.0. The number of amidine groups is 2. The van der Waals surface area contributed by atoms with Crippen LogP contribution in [0.3, 0.4) is 0 Å². The monoisotopic (exact) mass is 658 g/mol. The minimum absolute atomic E-state index is 0.0292. The molecule has 10 nitrogen and oxygen atoms in total. The standard InChI is InChI=1S/C13H17FN2O3S.C13H15FN2O3S.2C2H6/c1-8(2)16(4)13-12-10(19-9(3)14)6-5-7-11(12)20(17,18)15-13;1-4-8-16(3)13-12-10(19-9(2)14)6-5-7-11(12)20(17,18)15-13;2*1-2/h5-9H,1-4H3;4-7,9H,1,8H2,2-3H3;2*1-2H3. The number of benzene rings is 2. The van der Waals surface area contributed by atoms with E-state index in [1.807, 2.05) is 41.5 Å². The first-order chi connectivity index (χ1) is 20.6. The van der Waals surface area contributed by atoms with Gasteiger partial charge in [-0.2, -0.15) is 16.8 Å². The molecular formula is C30H44F2N4O6S2. The molecule has 4 rings (SSSR count). The van der Waals surface area contributed by atoms with Crippen molar-refractivity contribution in [1.82, 2.24) is 9.80 Å². The molecule has 0 aromatic heterocycles. The van der Waals surface area contributed by atoms with E-state index in [2.05, 4.69) is 15.4 Å². The molecule has 0 spiro atoms. The van der Waals surface area contributed by atoms with E-state index in [1.54, 1.807) is 36.0 Å². The van der Waals surface area contributed by atoms with Crippen LogP contribution in [-0.2, 0) is 20.0 Å². The third-order valence-corrected chi connectivity index (χ3v) is 8.46. The fourth-order valence-corrected chi connectivity index (χ4v) is 6.39. The third kappa shape index (κ3) is 9.00. The summed E-state index contributed by atoms with van der Waals surface area (Å²) in [5.41, 5.74) is 0.620. The van der Waals surface area contributed by atoms with Crippen LogP contribution in [0, 0.1) is 0 Å². The number of sulfonamides is 2. The van der Waals surface area contributed by atoms with Crippen LogP contribution < -0.4 is 9.47 Å². The maximum Gasteiger partial charge on any atom is 0.285 e. The molecule has 2 heterocycles. The lowest BCUT2D eigenvalue weighted by Gasteiger charge is -2.24. The molecule has 44 heavy (non-hydrogen) atoms. The van der Waals surface area contributed by atoms with Crippen molar-refractivity contribution in [2.45, 2.75) is 83.9 Å². The van der Waals surface area contributed by atoms with Gasteiger partial charge in [0.1, 0.15) is 21.3 Å². The highest BCUT2D eigenvalue weighted by atomic mass is 32.2.